The summed E-state index contributed by atoms with van der Waals surface area (Å²) in [6.07, 6.45) is 11.5. The Hall–Kier alpha value is -1.19. The maximum atomic E-state index is 13.9. The molecule has 1 amide bonds. The van der Waals surface area contributed by atoms with E-state index in [9.17, 15) is 13.6 Å². The number of alkyl halides is 2. The third kappa shape index (κ3) is 3.28. The molecule has 0 aromatic carbocycles. The molecule has 110 valence electrons. The number of nitrogens with one attached hydrogen (secondary N) is 1. The Balaban J connectivity index is 1.65. The monoisotopic (exact) mass is 281 g/mol. The summed E-state index contributed by atoms with van der Waals surface area (Å²) < 4.78 is 27.7. The SMILES string of the molecule is O=C(N[C@@H](C1=CCCC=C1)C1CC1)C(F)(F)CC1CC1. The second-order valence-electron chi connectivity index (χ2n) is 6.32. The van der Waals surface area contributed by atoms with Crippen molar-refractivity contribution in [1.82, 2.24) is 5.32 Å². The molecule has 0 spiro atoms. The van der Waals surface area contributed by atoms with Gasteiger partial charge in [-0.15, -0.1) is 0 Å². The first kappa shape index (κ1) is 13.8. The summed E-state index contributed by atoms with van der Waals surface area (Å²) in [4.78, 5) is 11.9. The minimum absolute atomic E-state index is 0.0453. The number of carbonyl (C=O) groups excluding carboxylic acids is 1. The second-order valence-corrected chi connectivity index (χ2v) is 6.32. The van der Waals surface area contributed by atoms with Gasteiger partial charge in [0.25, 0.3) is 5.91 Å². The summed E-state index contributed by atoms with van der Waals surface area (Å²) in [6.45, 7) is 0. The van der Waals surface area contributed by atoms with Crippen molar-refractivity contribution in [3.63, 3.8) is 0 Å². The van der Waals surface area contributed by atoms with E-state index in [0.29, 0.717) is 5.92 Å². The Morgan fingerprint density at radius 1 is 1.30 bits per heavy atom. The zero-order chi connectivity index (χ0) is 14.2. The largest absolute Gasteiger partial charge is 0.344 e. The molecular weight excluding hydrogens is 260 g/mol. The Bertz CT molecular complexity index is 447. The van der Waals surface area contributed by atoms with E-state index in [0.717, 1.165) is 44.1 Å². The van der Waals surface area contributed by atoms with Crippen molar-refractivity contribution in [2.75, 3.05) is 0 Å². The third-order valence-corrected chi connectivity index (χ3v) is 4.34. The summed E-state index contributed by atoms with van der Waals surface area (Å²) in [6, 6.07) is -0.218. The lowest BCUT2D eigenvalue weighted by atomic mass is 9.96. The quantitative estimate of drug-likeness (QED) is 0.792. The van der Waals surface area contributed by atoms with E-state index in [1.807, 2.05) is 6.08 Å². The predicted molar refractivity (Wildman–Crippen MR) is 73.4 cm³/mol. The van der Waals surface area contributed by atoms with Crippen molar-refractivity contribution in [1.29, 1.82) is 0 Å². The molecule has 0 unspecified atom stereocenters. The van der Waals surface area contributed by atoms with Gasteiger partial charge in [-0.05, 0) is 55.9 Å². The van der Waals surface area contributed by atoms with Crippen LogP contribution in [-0.2, 0) is 4.79 Å². The van der Waals surface area contributed by atoms with Crippen LogP contribution in [0.2, 0.25) is 0 Å². The third-order valence-electron chi connectivity index (χ3n) is 4.34. The molecule has 0 bridgehead atoms. The highest BCUT2D eigenvalue weighted by molar-refractivity contribution is 5.84. The summed E-state index contributed by atoms with van der Waals surface area (Å²) in [5.74, 6) is -3.91. The van der Waals surface area contributed by atoms with E-state index >= 15 is 0 Å². The van der Waals surface area contributed by atoms with Crippen LogP contribution >= 0.6 is 0 Å². The van der Waals surface area contributed by atoms with Gasteiger partial charge in [0.15, 0.2) is 0 Å². The fourth-order valence-corrected chi connectivity index (χ4v) is 2.79. The highest BCUT2D eigenvalue weighted by Crippen LogP contribution is 2.40. The molecule has 2 nitrogen and oxygen atoms in total. The van der Waals surface area contributed by atoms with Gasteiger partial charge in [-0.1, -0.05) is 18.2 Å². The fourth-order valence-electron chi connectivity index (χ4n) is 2.79. The van der Waals surface area contributed by atoms with Crippen LogP contribution in [0.15, 0.2) is 23.8 Å². The average Bonchev–Trinajstić information content (AvgIpc) is 3.30. The molecular formula is C16H21F2NO. The first-order valence-corrected chi connectivity index (χ1v) is 7.61. The van der Waals surface area contributed by atoms with Gasteiger partial charge in [-0.3, -0.25) is 4.79 Å². The van der Waals surface area contributed by atoms with E-state index in [-0.39, 0.29) is 18.4 Å². The van der Waals surface area contributed by atoms with Gasteiger partial charge in [0, 0.05) is 6.42 Å². The number of amides is 1. The van der Waals surface area contributed by atoms with E-state index in [1.54, 1.807) is 0 Å². The van der Waals surface area contributed by atoms with Crippen LogP contribution in [0.5, 0.6) is 0 Å². The Kier molecular flexibility index (Phi) is 3.65. The summed E-state index contributed by atoms with van der Waals surface area (Å²) in [7, 11) is 0. The number of carbonyl (C=O) groups is 1. The molecule has 0 aromatic heterocycles. The first-order chi connectivity index (χ1) is 9.56. The molecule has 3 rings (SSSR count). The maximum absolute atomic E-state index is 13.9. The average molecular weight is 281 g/mol. The number of hydrogen-bond donors (Lipinski definition) is 1. The topological polar surface area (TPSA) is 29.1 Å². The summed E-state index contributed by atoms with van der Waals surface area (Å²) >= 11 is 0. The van der Waals surface area contributed by atoms with Crippen molar-refractivity contribution in [2.45, 2.75) is 56.9 Å². The molecule has 0 aliphatic heterocycles. The minimum atomic E-state index is -3.22. The maximum Gasteiger partial charge on any atom is 0.324 e. The lowest BCUT2D eigenvalue weighted by Gasteiger charge is -2.24. The van der Waals surface area contributed by atoms with Crippen LogP contribution in [0.1, 0.15) is 44.9 Å². The predicted octanol–water partition coefficient (Wildman–Crippen LogP) is 3.59. The van der Waals surface area contributed by atoms with Gasteiger partial charge in [0.2, 0.25) is 0 Å². The van der Waals surface area contributed by atoms with Gasteiger partial charge < -0.3 is 5.32 Å². The Morgan fingerprint density at radius 3 is 2.60 bits per heavy atom. The zero-order valence-electron chi connectivity index (χ0n) is 11.6. The van der Waals surface area contributed by atoms with Crippen LogP contribution in [0.25, 0.3) is 0 Å². The smallest absolute Gasteiger partial charge is 0.324 e. The second kappa shape index (κ2) is 5.30. The standard InChI is InChI=1S/C16H21F2NO/c17-16(18,10-11-6-7-11)15(20)19-14(13-8-9-13)12-4-2-1-3-5-12/h2,4-5,11,13-14H,1,3,6-10H2,(H,19,20)/t14-/m0/s1. The lowest BCUT2D eigenvalue weighted by molar-refractivity contribution is -0.147. The van der Waals surface area contributed by atoms with Crippen molar-refractivity contribution in [2.24, 2.45) is 11.8 Å². The Labute approximate surface area is 118 Å². The number of allylic oxidation sites excluding steroid dienone is 2. The van der Waals surface area contributed by atoms with Crippen LogP contribution < -0.4 is 5.32 Å². The fraction of sp³-hybridized carbons (Fsp3) is 0.688. The molecule has 0 radical (unpaired) electrons. The molecule has 0 heterocycles. The number of hydrogen-bond acceptors (Lipinski definition) is 1. The molecule has 0 aromatic rings. The molecule has 3 aliphatic rings. The molecule has 2 fully saturated rings. The molecule has 4 heteroatoms. The van der Waals surface area contributed by atoms with E-state index in [2.05, 4.69) is 17.5 Å². The summed E-state index contributed by atoms with van der Waals surface area (Å²) in [5, 5.41) is 2.61. The van der Waals surface area contributed by atoms with Gasteiger partial charge in [-0.2, -0.15) is 8.78 Å². The van der Waals surface area contributed by atoms with Crippen LogP contribution in [0.4, 0.5) is 8.78 Å². The van der Waals surface area contributed by atoms with E-state index < -0.39 is 11.8 Å². The lowest BCUT2D eigenvalue weighted by Crippen LogP contribution is -2.47. The highest BCUT2D eigenvalue weighted by atomic mass is 19.3. The van der Waals surface area contributed by atoms with Crippen molar-refractivity contribution >= 4 is 5.91 Å². The van der Waals surface area contributed by atoms with Gasteiger partial charge in [0.05, 0.1) is 6.04 Å². The molecule has 1 N–H and O–H groups in total. The van der Waals surface area contributed by atoms with Crippen molar-refractivity contribution in [3.05, 3.63) is 23.8 Å². The molecule has 0 saturated heterocycles. The highest BCUT2D eigenvalue weighted by Gasteiger charge is 2.46. The first-order valence-electron chi connectivity index (χ1n) is 7.61. The summed E-state index contributed by atoms with van der Waals surface area (Å²) in [5.41, 5.74) is 1.01. The number of halogens is 2. The zero-order valence-corrected chi connectivity index (χ0v) is 11.6. The number of rotatable bonds is 6. The molecule has 3 aliphatic carbocycles. The molecule has 1 atom stereocenters. The van der Waals surface area contributed by atoms with E-state index in [1.165, 1.54) is 0 Å². The minimum Gasteiger partial charge on any atom is -0.344 e. The van der Waals surface area contributed by atoms with Crippen LogP contribution in [-0.4, -0.2) is 17.9 Å². The van der Waals surface area contributed by atoms with Gasteiger partial charge in [-0.25, -0.2) is 0 Å². The molecule has 2 saturated carbocycles. The van der Waals surface area contributed by atoms with Crippen molar-refractivity contribution in [3.8, 4) is 0 Å². The Morgan fingerprint density at radius 2 is 2.05 bits per heavy atom. The van der Waals surface area contributed by atoms with Crippen LogP contribution in [0, 0.1) is 11.8 Å². The van der Waals surface area contributed by atoms with Crippen LogP contribution in [0.3, 0.4) is 0 Å². The molecule has 20 heavy (non-hydrogen) atoms. The van der Waals surface area contributed by atoms with Gasteiger partial charge in [0.1, 0.15) is 0 Å². The van der Waals surface area contributed by atoms with Crippen molar-refractivity contribution < 1.29 is 13.6 Å². The van der Waals surface area contributed by atoms with Gasteiger partial charge >= 0.3 is 5.92 Å². The van der Waals surface area contributed by atoms with E-state index in [4.69, 9.17) is 0 Å². The normalized spacial score (nSPS) is 24.2.